The molecule has 3 aromatic rings. The smallest absolute Gasteiger partial charge is 0.359 e. The molecule has 152 valence electrons. The Balaban J connectivity index is 2.25. The summed E-state index contributed by atoms with van der Waals surface area (Å²) in [5, 5.41) is 4.90. The Morgan fingerprint density at radius 2 is 1.86 bits per heavy atom. The minimum Gasteiger partial charge on any atom is -0.461 e. The van der Waals surface area contributed by atoms with Crippen LogP contribution in [-0.2, 0) is 14.6 Å². The minimum atomic E-state index is -3.32. The summed E-state index contributed by atoms with van der Waals surface area (Å²) in [6.45, 7) is 3.71. The van der Waals surface area contributed by atoms with E-state index in [9.17, 15) is 13.2 Å². The molecule has 0 fully saturated rings. The molecule has 0 aliphatic heterocycles. The van der Waals surface area contributed by atoms with E-state index in [0.717, 1.165) is 10.7 Å². The first-order chi connectivity index (χ1) is 13.6. The zero-order valence-corrected chi connectivity index (χ0v) is 19.1. The number of aromatic nitrogens is 2. The Morgan fingerprint density at radius 3 is 2.41 bits per heavy atom. The van der Waals surface area contributed by atoms with Gasteiger partial charge >= 0.3 is 5.97 Å². The molecular weight excluding hydrogens is 480 g/mol. The highest BCUT2D eigenvalue weighted by atomic mass is 79.9. The number of sulfone groups is 1. The van der Waals surface area contributed by atoms with Gasteiger partial charge in [0.2, 0.25) is 0 Å². The fraction of sp³-hybridized carbons (Fsp3) is 0.200. The summed E-state index contributed by atoms with van der Waals surface area (Å²) in [6.07, 6.45) is 1.15. The van der Waals surface area contributed by atoms with E-state index in [1.165, 1.54) is 12.1 Å². The SMILES string of the molecule is CCOC(=O)c1nn(-c2ccc(Br)cc2Cl)c(-c2ccc(S(C)(=O)=O)cc2)c1C. The Morgan fingerprint density at radius 1 is 1.21 bits per heavy atom. The van der Waals surface area contributed by atoms with Crippen molar-refractivity contribution in [1.82, 2.24) is 9.78 Å². The summed E-state index contributed by atoms with van der Waals surface area (Å²) in [4.78, 5) is 12.6. The Hall–Kier alpha value is -2.16. The first-order valence-electron chi connectivity index (χ1n) is 8.66. The average Bonchev–Trinajstić information content (AvgIpc) is 2.98. The van der Waals surface area contributed by atoms with Crippen molar-refractivity contribution in [2.45, 2.75) is 18.7 Å². The molecule has 0 saturated carbocycles. The average molecular weight is 498 g/mol. The van der Waals surface area contributed by atoms with Crippen molar-refractivity contribution in [3.05, 3.63) is 63.2 Å². The molecule has 29 heavy (non-hydrogen) atoms. The van der Waals surface area contributed by atoms with E-state index in [1.807, 2.05) is 6.07 Å². The Bertz CT molecular complexity index is 1190. The number of ether oxygens (including phenoxy) is 1. The largest absolute Gasteiger partial charge is 0.461 e. The normalized spacial score (nSPS) is 11.5. The quantitative estimate of drug-likeness (QED) is 0.471. The topological polar surface area (TPSA) is 78.3 Å². The standard InChI is InChI=1S/C20H18BrClN2O4S/c1-4-28-20(25)18-12(2)19(13-5-8-15(9-6-13)29(3,26)27)24(23-18)17-10-7-14(21)11-16(17)22/h5-11H,4H2,1-3H3. The summed E-state index contributed by atoms with van der Waals surface area (Å²) >= 11 is 9.80. The second kappa shape index (κ2) is 8.30. The number of benzene rings is 2. The lowest BCUT2D eigenvalue weighted by atomic mass is 10.1. The zero-order valence-electron chi connectivity index (χ0n) is 15.9. The lowest BCUT2D eigenvalue weighted by Gasteiger charge is -2.11. The molecule has 3 rings (SSSR count). The number of rotatable bonds is 5. The van der Waals surface area contributed by atoms with Crippen LogP contribution in [-0.4, -0.2) is 37.0 Å². The molecule has 0 radical (unpaired) electrons. The minimum absolute atomic E-state index is 0.174. The van der Waals surface area contributed by atoms with Crippen molar-refractivity contribution < 1.29 is 17.9 Å². The predicted octanol–water partition coefficient (Wildman–Crippen LogP) is 4.84. The predicted molar refractivity (Wildman–Crippen MR) is 116 cm³/mol. The number of carbonyl (C=O) groups is 1. The van der Waals surface area contributed by atoms with Crippen molar-refractivity contribution in [3.8, 4) is 16.9 Å². The van der Waals surface area contributed by atoms with Crippen LogP contribution in [0.5, 0.6) is 0 Å². The maximum Gasteiger partial charge on any atom is 0.359 e. The first-order valence-corrected chi connectivity index (χ1v) is 11.7. The molecule has 0 bridgehead atoms. The van der Waals surface area contributed by atoms with Crippen molar-refractivity contribution >= 4 is 43.3 Å². The van der Waals surface area contributed by atoms with Gasteiger partial charge in [0.05, 0.1) is 27.9 Å². The highest BCUT2D eigenvalue weighted by Gasteiger charge is 2.24. The van der Waals surface area contributed by atoms with Crippen LogP contribution in [0.4, 0.5) is 0 Å². The number of esters is 1. The van der Waals surface area contributed by atoms with E-state index in [2.05, 4.69) is 21.0 Å². The lowest BCUT2D eigenvalue weighted by Crippen LogP contribution is -2.08. The third-order valence-electron chi connectivity index (χ3n) is 4.28. The Kier molecular flexibility index (Phi) is 6.16. The summed E-state index contributed by atoms with van der Waals surface area (Å²) in [6, 6.07) is 11.7. The van der Waals surface area contributed by atoms with Gasteiger partial charge in [-0.1, -0.05) is 39.7 Å². The van der Waals surface area contributed by atoms with Gasteiger partial charge < -0.3 is 4.74 Å². The summed E-state index contributed by atoms with van der Waals surface area (Å²) < 4.78 is 31.1. The van der Waals surface area contributed by atoms with Gasteiger partial charge in [0, 0.05) is 21.9 Å². The van der Waals surface area contributed by atoms with E-state index in [1.54, 1.807) is 42.8 Å². The van der Waals surface area contributed by atoms with Gasteiger partial charge in [-0.3, -0.25) is 0 Å². The van der Waals surface area contributed by atoms with E-state index >= 15 is 0 Å². The maximum atomic E-state index is 12.4. The summed E-state index contributed by atoms with van der Waals surface area (Å²) in [5.41, 5.74) is 2.67. The van der Waals surface area contributed by atoms with Gasteiger partial charge in [-0.25, -0.2) is 17.9 Å². The van der Waals surface area contributed by atoms with Crippen LogP contribution in [0.1, 0.15) is 23.0 Å². The highest BCUT2D eigenvalue weighted by Crippen LogP contribution is 2.33. The van der Waals surface area contributed by atoms with Gasteiger partial charge in [-0.05, 0) is 44.2 Å². The van der Waals surface area contributed by atoms with E-state index in [-0.39, 0.29) is 17.2 Å². The third-order valence-corrected chi connectivity index (χ3v) is 6.21. The van der Waals surface area contributed by atoms with Crippen LogP contribution in [0.25, 0.3) is 16.9 Å². The molecule has 1 aromatic heterocycles. The van der Waals surface area contributed by atoms with Gasteiger partial charge in [-0.15, -0.1) is 0 Å². The van der Waals surface area contributed by atoms with Crippen molar-refractivity contribution in [3.63, 3.8) is 0 Å². The van der Waals surface area contributed by atoms with Crippen LogP contribution in [0, 0.1) is 6.92 Å². The number of nitrogens with zero attached hydrogens (tertiary/aromatic N) is 2. The molecule has 2 aromatic carbocycles. The molecule has 0 N–H and O–H groups in total. The number of carbonyl (C=O) groups excluding carboxylic acids is 1. The van der Waals surface area contributed by atoms with Crippen LogP contribution >= 0.6 is 27.5 Å². The van der Waals surface area contributed by atoms with E-state index in [4.69, 9.17) is 16.3 Å². The lowest BCUT2D eigenvalue weighted by molar-refractivity contribution is 0.0518. The van der Waals surface area contributed by atoms with Crippen molar-refractivity contribution in [2.24, 2.45) is 0 Å². The molecule has 1 heterocycles. The van der Waals surface area contributed by atoms with Gasteiger partial charge in [0.1, 0.15) is 0 Å². The molecule has 0 aliphatic carbocycles. The van der Waals surface area contributed by atoms with Gasteiger partial charge in [0.25, 0.3) is 0 Å². The molecule has 0 aliphatic rings. The van der Waals surface area contributed by atoms with Crippen molar-refractivity contribution in [2.75, 3.05) is 12.9 Å². The first kappa shape index (κ1) is 21.5. The second-order valence-electron chi connectivity index (χ2n) is 6.35. The maximum absolute atomic E-state index is 12.4. The summed E-state index contributed by atoms with van der Waals surface area (Å²) in [7, 11) is -3.32. The summed E-state index contributed by atoms with van der Waals surface area (Å²) in [5.74, 6) is -0.536. The van der Waals surface area contributed by atoms with Gasteiger partial charge in [0.15, 0.2) is 15.5 Å². The van der Waals surface area contributed by atoms with Gasteiger partial charge in [-0.2, -0.15) is 5.10 Å². The third kappa shape index (κ3) is 4.39. The number of hydrogen-bond acceptors (Lipinski definition) is 5. The van der Waals surface area contributed by atoms with Crippen molar-refractivity contribution in [1.29, 1.82) is 0 Å². The molecule has 0 saturated heterocycles. The highest BCUT2D eigenvalue weighted by molar-refractivity contribution is 9.10. The molecule has 0 spiro atoms. The zero-order chi connectivity index (χ0) is 21.3. The molecule has 0 amide bonds. The van der Waals surface area contributed by atoms with Crippen LogP contribution in [0.2, 0.25) is 5.02 Å². The fourth-order valence-corrected chi connectivity index (χ4v) is 4.30. The van der Waals surface area contributed by atoms with Crippen LogP contribution in [0.15, 0.2) is 51.8 Å². The number of hydrogen-bond donors (Lipinski definition) is 0. The van der Waals surface area contributed by atoms with Crippen LogP contribution < -0.4 is 0 Å². The Labute approximate surface area is 182 Å². The van der Waals surface area contributed by atoms with E-state index in [0.29, 0.717) is 27.5 Å². The molecular formula is C20H18BrClN2O4S. The molecule has 0 atom stereocenters. The number of halogens is 2. The molecule has 0 unspecified atom stereocenters. The van der Waals surface area contributed by atoms with Crippen LogP contribution in [0.3, 0.4) is 0 Å². The van der Waals surface area contributed by atoms with E-state index < -0.39 is 15.8 Å². The fourth-order valence-electron chi connectivity index (χ4n) is 2.92. The molecule has 6 nitrogen and oxygen atoms in total. The molecule has 9 heteroatoms. The monoisotopic (exact) mass is 496 g/mol. The second-order valence-corrected chi connectivity index (χ2v) is 9.69.